The molecule has 0 aromatic carbocycles. The van der Waals surface area contributed by atoms with E-state index in [-0.39, 0.29) is 18.6 Å². The highest BCUT2D eigenvalue weighted by molar-refractivity contribution is 7.99. The molecule has 3 nitrogen and oxygen atoms in total. The molecule has 0 atom stereocenters. The summed E-state index contributed by atoms with van der Waals surface area (Å²) < 4.78 is 0. The number of aliphatic hydroxyl groups excluding tert-OH is 2. The summed E-state index contributed by atoms with van der Waals surface area (Å²) >= 11 is 1.97. The Labute approximate surface area is 103 Å². The second-order valence-corrected chi connectivity index (χ2v) is 6.36. The molecule has 0 aromatic rings. The minimum Gasteiger partial charge on any atom is -0.396 e. The highest BCUT2D eigenvalue weighted by Crippen LogP contribution is 2.27. The van der Waals surface area contributed by atoms with Gasteiger partial charge in [-0.15, -0.1) is 0 Å². The van der Waals surface area contributed by atoms with Gasteiger partial charge in [0.2, 0.25) is 0 Å². The van der Waals surface area contributed by atoms with Crippen molar-refractivity contribution in [2.24, 2.45) is 5.41 Å². The number of hydrogen-bond donors (Lipinski definition) is 3. The second kappa shape index (κ2) is 6.84. The average Bonchev–Trinajstić information content (AvgIpc) is 2.36. The maximum absolute atomic E-state index is 9.19. The van der Waals surface area contributed by atoms with E-state index in [9.17, 15) is 10.2 Å². The van der Waals surface area contributed by atoms with Gasteiger partial charge in [0.05, 0.1) is 13.2 Å². The topological polar surface area (TPSA) is 52.5 Å². The first-order valence-electron chi connectivity index (χ1n) is 6.11. The van der Waals surface area contributed by atoms with Gasteiger partial charge >= 0.3 is 0 Å². The monoisotopic (exact) mass is 247 g/mol. The summed E-state index contributed by atoms with van der Waals surface area (Å²) in [5.41, 5.74) is -0.379. The van der Waals surface area contributed by atoms with Crippen LogP contribution in [0.5, 0.6) is 0 Å². The van der Waals surface area contributed by atoms with Gasteiger partial charge in [0, 0.05) is 23.3 Å². The molecule has 0 heterocycles. The van der Waals surface area contributed by atoms with Crippen LogP contribution in [0.4, 0.5) is 0 Å². The maximum Gasteiger partial charge on any atom is 0.0518 e. The Morgan fingerprint density at radius 3 is 2.19 bits per heavy atom. The van der Waals surface area contributed by atoms with E-state index in [0.29, 0.717) is 12.6 Å². The molecule has 0 spiro atoms. The molecule has 0 amide bonds. The SMILES string of the molecule is CSC1CCC(NCC(C)(CO)CO)CC1. The van der Waals surface area contributed by atoms with Gasteiger partial charge in [-0.2, -0.15) is 11.8 Å². The van der Waals surface area contributed by atoms with Crippen molar-refractivity contribution in [2.45, 2.75) is 43.9 Å². The Hall–Kier alpha value is 0.230. The van der Waals surface area contributed by atoms with Crippen LogP contribution in [-0.2, 0) is 0 Å². The van der Waals surface area contributed by atoms with E-state index >= 15 is 0 Å². The van der Waals surface area contributed by atoms with E-state index in [0.717, 1.165) is 5.25 Å². The molecular weight excluding hydrogens is 222 g/mol. The third kappa shape index (κ3) is 4.24. The number of rotatable bonds is 6. The van der Waals surface area contributed by atoms with Gasteiger partial charge in [0.25, 0.3) is 0 Å². The summed E-state index contributed by atoms with van der Waals surface area (Å²) in [5, 5.41) is 22.7. The molecule has 0 radical (unpaired) electrons. The quantitative estimate of drug-likeness (QED) is 0.661. The second-order valence-electron chi connectivity index (χ2n) is 5.22. The van der Waals surface area contributed by atoms with Gasteiger partial charge in [-0.3, -0.25) is 0 Å². The molecule has 1 aliphatic rings. The number of hydrogen-bond acceptors (Lipinski definition) is 4. The van der Waals surface area contributed by atoms with Crippen molar-refractivity contribution in [1.29, 1.82) is 0 Å². The van der Waals surface area contributed by atoms with Crippen molar-refractivity contribution < 1.29 is 10.2 Å². The minimum atomic E-state index is -0.379. The third-order valence-corrected chi connectivity index (χ3v) is 4.73. The van der Waals surface area contributed by atoms with E-state index in [2.05, 4.69) is 11.6 Å². The van der Waals surface area contributed by atoms with Crippen LogP contribution >= 0.6 is 11.8 Å². The lowest BCUT2D eigenvalue weighted by atomic mass is 9.90. The summed E-state index contributed by atoms with van der Waals surface area (Å²) in [5.74, 6) is 0. The molecule has 1 saturated carbocycles. The molecule has 0 bridgehead atoms. The van der Waals surface area contributed by atoms with Gasteiger partial charge in [-0.1, -0.05) is 6.92 Å². The third-order valence-electron chi connectivity index (χ3n) is 3.59. The average molecular weight is 247 g/mol. The molecular formula is C12H25NO2S. The van der Waals surface area contributed by atoms with Crippen LogP contribution < -0.4 is 5.32 Å². The van der Waals surface area contributed by atoms with Crippen LogP contribution in [0.1, 0.15) is 32.6 Å². The zero-order valence-electron chi connectivity index (χ0n) is 10.4. The van der Waals surface area contributed by atoms with E-state index in [1.54, 1.807) is 0 Å². The van der Waals surface area contributed by atoms with Crippen molar-refractivity contribution in [3.05, 3.63) is 0 Å². The molecule has 3 N–H and O–H groups in total. The Kier molecular flexibility index (Phi) is 6.11. The van der Waals surface area contributed by atoms with E-state index in [1.807, 2.05) is 18.7 Å². The van der Waals surface area contributed by atoms with Gasteiger partial charge in [-0.25, -0.2) is 0 Å². The van der Waals surface area contributed by atoms with Crippen LogP contribution in [0.15, 0.2) is 0 Å². The van der Waals surface area contributed by atoms with Crippen molar-refractivity contribution in [3.8, 4) is 0 Å². The molecule has 4 heteroatoms. The summed E-state index contributed by atoms with van der Waals surface area (Å²) in [6.07, 6.45) is 7.20. The lowest BCUT2D eigenvalue weighted by Gasteiger charge is -2.32. The smallest absolute Gasteiger partial charge is 0.0518 e. The van der Waals surface area contributed by atoms with Crippen LogP contribution in [-0.4, -0.2) is 47.5 Å². The van der Waals surface area contributed by atoms with Crippen molar-refractivity contribution in [2.75, 3.05) is 26.0 Å². The number of aliphatic hydroxyl groups is 2. The predicted molar refractivity (Wildman–Crippen MR) is 69.8 cm³/mol. The molecule has 96 valence electrons. The molecule has 0 aromatic heterocycles. The minimum absolute atomic E-state index is 0.0384. The lowest BCUT2D eigenvalue weighted by molar-refractivity contribution is 0.0660. The zero-order chi connectivity index (χ0) is 12.0. The van der Waals surface area contributed by atoms with Crippen molar-refractivity contribution in [1.82, 2.24) is 5.32 Å². The van der Waals surface area contributed by atoms with Gasteiger partial charge < -0.3 is 15.5 Å². The highest BCUT2D eigenvalue weighted by atomic mass is 32.2. The Morgan fingerprint density at radius 1 is 1.19 bits per heavy atom. The standard InChI is InChI=1S/C12H25NO2S/c1-12(8-14,9-15)7-13-10-3-5-11(16-2)6-4-10/h10-11,13-15H,3-9H2,1-2H3. The fourth-order valence-corrected chi connectivity index (χ4v) is 2.80. The Morgan fingerprint density at radius 2 is 1.75 bits per heavy atom. The molecule has 1 aliphatic carbocycles. The van der Waals surface area contributed by atoms with Crippen molar-refractivity contribution >= 4 is 11.8 Å². The summed E-state index contributed by atoms with van der Waals surface area (Å²) in [6, 6.07) is 0.570. The van der Waals surface area contributed by atoms with Gasteiger partial charge in [-0.05, 0) is 31.9 Å². The van der Waals surface area contributed by atoms with Crippen LogP contribution in [0.3, 0.4) is 0 Å². The summed E-state index contributed by atoms with van der Waals surface area (Å²) in [4.78, 5) is 0. The molecule has 1 rings (SSSR count). The molecule has 0 aliphatic heterocycles. The molecule has 16 heavy (non-hydrogen) atoms. The number of thioether (sulfide) groups is 1. The first kappa shape index (κ1) is 14.3. The first-order chi connectivity index (χ1) is 7.63. The van der Waals surface area contributed by atoms with Crippen LogP contribution in [0.2, 0.25) is 0 Å². The highest BCUT2D eigenvalue weighted by Gasteiger charge is 2.25. The summed E-state index contributed by atoms with van der Waals surface area (Å²) in [7, 11) is 0. The normalized spacial score (nSPS) is 27.0. The van der Waals surface area contributed by atoms with E-state index in [4.69, 9.17) is 0 Å². The molecule has 1 fully saturated rings. The lowest BCUT2D eigenvalue weighted by Crippen LogP contribution is -2.43. The van der Waals surface area contributed by atoms with E-state index < -0.39 is 0 Å². The number of nitrogens with one attached hydrogen (secondary N) is 1. The van der Waals surface area contributed by atoms with Crippen molar-refractivity contribution in [3.63, 3.8) is 0 Å². The Balaban J connectivity index is 2.24. The maximum atomic E-state index is 9.19. The fourth-order valence-electron chi connectivity index (χ4n) is 2.06. The van der Waals surface area contributed by atoms with Gasteiger partial charge in [0.15, 0.2) is 0 Å². The molecule has 0 saturated heterocycles. The van der Waals surface area contributed by atoms with Crippen LogP contribution in [0, 0.1) is 5.41 Å². The van der Waals surface area contributed by atoms with Gasteiger partial charge in [0.1, 0.15) is 0 Å². The Bertz CT molecular complexity index is 189. The summed E-state index contributed by atoms with van der Waals surface area (Å²) in [6.45, 7) is 2.69. The van der Waals surface area contributed by atoms with Crippen LogP contribution in [0.25, 0.3) is 0 Å². The predicted octanol–water partition coefficient (Wildman–Crippen LogP) is 1.24. The van der Waals surface area contributed by atoms with E-state index in [1.165, 1.54) is 25.7 Å². The fraction of sp³-hybridized carbons (Fsp3) is 1.00. The molecule has 0 unspecified atom stereocenters. The largest absolute Gasteiger partial charge is 0.396 e. The first-order valence-corrected chi connectivity index (χ1v) is 7.40. The zero-order valence-corrected chi connectivity index (χ0v) is 11.2.